The van der Waals surface area contributed by atoms with Gasteiger partial charge < -0.3 is 15.4 Å². The van der Waals surface area contributed by atoms with Gasteiger partial charge in [-0.2, -0.15) is 4.98 Å². The molecule has 4 aromatic rings. The zero-order valence-corrected chi connectivity index (χ0v) is 18.0. The van der Waals surface area contributed by atoms with Crippen LogP contribution in [0.1, 0.15) is 5.69 Å². The van der Waals surface area contributed by atoms with E-state index in [1.54, 1.807) is 40.9 Å². The molecule has 0 saturated carbocycles. The first-order valence-corrected chi connectivity index (χ1v) is 10.6. The van der Waals surface area contributed by atoms with Gasteiger partial charge in [0.2, 0.25) is 4.96 Å². The monoisotopic (exact) mass is 455 g/mol. The number of nitrogens with zero attached hydrogens (tertiary/aromatic N) is 3. The first kappa shape index (κ1) is 20.8. The number of carbonyl (C=O) groups excluding carboxylic acids is 2. The van der Waals surface area contributed by atoms with Gasteiger partial charge in [0.15, 0.2) is 5.82 Å². The van der Waals surface area contributed by atoms with Gasteiger partial charge in [0.1, 0.15) is 5.75 Å². The van der Waals surface area contributed by atoms with E-state index in [0.717, 1.165) is 16.2 Å². The molecule has 0 saturated heterocycles. The topological polar surface area (TPSA) is 97.6 Å². The van der Waals surface area contributed by atoms with Crippen LogP contribution < -0.4 is 15.4 Å². The Morgan fingerprint density at radius 2 is 1.97 bits per heavy atom. The van der Waals surface area contributed by atoms with Gasteiger partial charge in [-0.1, -0.05) is 17.7 Å². The van der Waals surface area contributed by atoms with Crippen LogP contribution in [0.4, 0.5) is 5.69 Å². The van der Waals surface area contributed by atoms with E-state index in [2.05, 4.69) is 20.7 Å². The summed E-state index contributed by atoms with van der Waals surface area (Å²) >= 11 is 7.40. The number of nitrogens with one attached hydrogen (secondary N) is 2. The summed E-state index contributed by atoms with van der Waals surface area (Å²) in [5.74, 6) is -0.263. The van der Waals surface area contributed by atoms with Crippen LogP contribution in [0.3, 0.4) is 0 Å². The van der Waals surface area contributed by atoms with Gasteiger partial charge in [-0.15, -0.1) is 16.4 Å². The highest BCUT2D eigenvalue weighted by molar-refractivity contribution is 7.15. The van der Waals surface area contributed by atoms with Gasteiger partial charge in [0.05, 0.1) is 12.8 Å². The number of hydrogen-bond donors (Lipinski definition) is 2. The number of benzene rings is 2. The molecule has 0 atom stereocenters. The molecule has 0 bridgehead atoms. The molecule has 0 spiro atoms. The van der Waals surface area contributed by atoms with Crippen LogP contribution in [0.15, 0.2) is 53.9 Å². The Kier molecular flexibility index (Phi) is 6.15. The lowest BCUT2D eigenvalue weighted by molar-refractivity contribution is -0.136. The minimum absolute atomic E-state index is 0.284. The third-order valence-corrected chi connectivity index (χ3v) is 5.57. The number of halogens is 1. The van der Waals surface area contributed by atoms with Crippen molar-refractivity contribution in [3.05, 3.63) is 64.6 Å². The van der Waals surface area contributed by atoms with Crippen molar-refractivity contribution in [2.75, 3.05) is 19.0 Å². The molecule has 8 nitrogen and oxygen atoms in total. The zero-order chi connectivity index (χ0) is 21.8. The number of fused-ring (bicyclic) bond motifs is 1. The van der Waals surface area contributed by atoms with Crippen molar-refractivity contribution in [1.82, 2.24) is 19.9 Å². The van der Waals surface area contributed by atoms with Crippen molar-refractivity contribution >= 4 is 45.4 Å². The summed E-state index contributed by atoms with van der Waals surface area (Å²) in [4.78, 5) is 29.5. The lowest BCUT2D eigenvalue weighted by Crippen LogP contribution is -2.36. The molecule has 0 radical (unpaired) electrons. The average Bonchev–Trinajstić information content (AvgIpc) is 3.36. The standard InChI is InChI=1S/C21H18ClN5O3S/c1-30-17-4-2-3-15(11-17)24-20(29)19(28)23-10-9-16-12-31-21-25-18(26-27(16)21)13-5-7-14(22)8-6-13/h2-8,11-12H,9-10H2,1H3,(H,23,28)(H,24,29). The summed E-state index contributed by atoms with van der Waals surface area (Å²) in [5.41, 5.74) is 2.24. The van der Waals surface area contributed by atoms with E-state index in [9.17, 15) is 9.59 Å². The number of hydrogen-bond acceptors (Lipinski definition) is 6. The summed E-state index contributed by atoms with van der Waals surface area (Å²) in [6, 6.07) is 14.1. The van der Waals surface area contributed by atoms with Gasteiger partial charge in [0.25, 0.3) is 0 Å². The van der Waals surface area contributed by atoms with E-state index < -0.39 is 11.8 Å². The van der Waals surface area contributed by atoms with Crippen molar-refractivity contribution in [3.63, 3.8) is 0 Å². The van der Waals surface area contributed by atoms with E-state index in [1.807, 2.05) is 17.5 Å². The summed E-state index contributed by atoms with van der Waals surface area (Å²) < 4.78 is 6.85. The van der Waals surface area contributed by atoms with Crippen LogP contribution in [-0.2, 0) is 16.0 Å². The highest BCUT2D eigenvalue weighted by Crippen LogP contribution is 2.22. The lowest BCUT2D eigenvalue weighted by atomic mass is 10.2. The van der Waals surface area contributed by atoms with Crippen molar-refractivity contribution in [1.29, 1.82) is 0 Å². The maximum atomic E-state index is 12.1. The van der Waals surface area contributed by atoms with Crippen molar-refractivity contribution in [2.45, 2.75) is 6.42 Å². The van der Waals surface area contributed by atoms with Gasteiger partial charge >= 0.3 is 11.8 Å². The maximum Gasteiger partial charge on any atom is 0.313 e. The second-order valence-electron chi connectivity index (χ2n) is 6.56. The fourth-order valence-corrected chi connectivity index (χ4v) is 3.87. The quantitative estimate of drug-likeness (QED) is 0.434. The number of carbonyl (C=O) groups is 2. The summed E-state index contributed by atoms with van der Waals surface area (Å²) in [6.45, 7) is 0.284. The Hall–Kier alpha value is -3.43. The highest BCUT2D eigenvalue weighted by atomic mass is 35.5. The van der Waals surface area contributed by atoms with Gasteiger partial charge in [0, 0.05) is 40.7 Å². The average molecular weight is 456 g/mol. The molecule has 2 amide bonds. The molecule has 0 fully saturated rings. The predicted molar refractivity (Wildman–Crippen MR) is 120 cm³/mol. The molecule has 158 valence electrons. The molecular weight excluding hydrogens is 438 g/mol. The second-order valence-corrected chi connectivity index (χ2v) is 7.83. The normalized spacial score (nSPS) is 10.8. The Morgan fingerprint density at radius 3 is 2.74 bits per heavy atom. The van der Waals surface area contributed by atoms with E-state index in [0.29, 0.717) is 28.7 Å². The minimum atomic E-state index is -0.741. The molecule has 0 aliphatic carbocycles. The smallest absolute Gasteiger partial charge is 0.313 e. The molecule has 31 heavy (non-hydrogen) atoms. The fraction of sp³-hybridized carbons (Fsp3) is 0.143. The third kappa shape index (κ3) is 4.84. The minimum Gasteiger partial charge on any atom is -0.497 e. The number of rotatable bonds is 6. The Bertz CT molecular complexity index is 1240. The molecule has 2 heterocycles. The van der Waals surface area contributed by atoms with Crippen molar-refractivity contribution in [2.24, 2.45) is 0 Å². The molecular formula is C21H18ClN5O3S. The lowest BCUT2D eigenvalue weighted by Gasteiger charge is -2.07. The molecule has 2 N–H and O–H groups in total. The van der Waals surface area contributed by atoms with E-state index >= 15 is 0 Å². The fourth-order valence-electron chi connectivity index (χ4n) is 2.89. The molecule has 2 aromatic heterocycles. The molecule has 0 aliphatic heterocycles. The van der Waals surface area contributed by atoms with Gasteiger partial charge in [-0.05, 0) is 36.4 Å². The van der Waals surface area contributed by atoms with Crippen LogP contribution in [-0.4, -0.2) is 40.1 Å². The van der Waals surface area contributed by atoms with Crippen LogP contribution in [0, 0.1) is 0 Å². The number of aromatic nitrogens is 3. The number of anilines is 1. The number of amides is 2. The SMILES string of the molecule is COc1cccc(NC(=O)C(=O)NCCc2csc3nc(-c4ccc(Cl)cc4)nn23)c1. The molecule has 0 unspecified atom stereocenters. The molecule has 0 aliphatic rings. The van der Waals surface area contributed by atoms with Crippen LogP contribution in [0.2, 0.25) is 5.02 Å². The van der Waals surface area contributed by atoms with E-state index in [-0.39, 0.29) is 6.54 Å². The summed E-state index contributed by atoms with van der Waals surface area (Å²) in [6.07, 6.45) is 0.502. The summed E-state index contributed by atoms with van der Waals surface area (Å²) in [5, 5.41) is 12.3. The van der Waals surface area contributed by atoms with E-state index in [4.69, 9.17) is 16.3 Å². The predicted octanol–water partition coefficient (Wildman–Crippen LogP) is 3.42. The third-order valence-electron chi connectivity index (χ3n) is 4.45. The number of thiazole rings is 1. The van der Waals surface area contributed by atoms with Gasteiger partial charge in [-0.25, -0.2) is 4.52 Å². The Balaban J connectivity index is 1.35. The Morgan fingerprint density at radius 1 is 1.16 bits per heavy atom. The van der Waals surface area contributed by atoms with Crippen LogP contribution in [0.25, 0.3) is 16.3 Å². The highest BCUT2D eigenvalue weighted by Gasteiger charge is 2.15. The second kappa shape index (κ2) is 9.15. The van der Waals surface area contributed by atoms with Crippen LogP contribution >= 0.6 is 22.9 Å². The zero-order valence-electron chi connectivity index (χ0n) is 16.5. The Labute approximate surface area is 186 Å². The van der Waals surface area contributed by atoms with Gasteiger partial charge in [-0.3, -0.25) is 9.59 Å². The first-order valence-electron chi connectivity index (χ1n) is 9.36. The van der Waals surface area contributed by atoms with Crippen molar-refractivity contribution in [3.8, 4) is 17.1 Å². The molecule has 10 heteroatoms. The molecule has 4 rings (SSSR count). The van der Waals surface area contributed by atoms with E-state index in [1.165, 1.54) is 18.4 Å². The van der Waals surface area contributed by atoms with Crippen molar-refractivity contribution < 1.29 is 14.3 Å². The number of methoxy groups -OCH3 is 1. The molecule has 2 aromatic carbocycles. The largest absolute Gasteiger partial charge is 0.497 e. The maximum absolute atomic E-state index is 12.1. The number of ether oxygens (including phenoxy) is 1. The van der Waals surface area contributed by atoms with Crippen LogP contribution in [0.5, 0.6) is 5.75 Å². The summed E-state index contributed by atoms with van der Waals surface area (Å²) in [7, 11) is 1.53. The first-order chi connectivity index (χ1) is 15.0.